The van der Waals surface area contributed by atoms with Crippen molar-refractivity contribution in [1.82, 2.24) is 5.32 Å². The summed E-state index contributed by atoms with van der Waals surface area (Å²) in [5.74, 6) is -0.416. The zero-order valence-electron chi connectivity index (χ0n) is 15.3. The van der Waals surface area contributed by atoms with Gasteiger partial charge in [-0.1, -0.05) is 44.9 Å². The number of amides is 2. The Morgan fingerprint density at radius 3 is 2.17 bits per heavy atom. The Balaban J connectivity index is 1.80. The lowest BCUT2D eigenvalue weighted by Gasteiger charge is -2.39. The lowest BCUT2D eigenvalue weighted by molar-refractivity contribution is -0.136. The normalized spacial score (nSPS) is 21.2. The SMILES string of the molecule is CCC(C)(C)C1CCC(NC(=O)C(=O)Nc2ccc(C)cc2)CC1. The number of rotatable bonds is 4. The second-order valence-electron chi connectivity index (χ2n) is 7.68. The first-order valence-electron chi connectivity index (χ1n) is 9.00. The van der Waals surface area contributed by atoms with E-state index in [1.165, 1.54) is 6.42 Å². The van der Waals surface area contributed by atoms with Gasteiger partial charge in [0.15, 0.2) is 0 Å². The van der Waals surface area contributed by atoms with Gasteiger partial charge in [0, 0.05) is 11.7 Å². The van der Waals surface area contributed by atoms with E-state index in [0.29, 0.717) is 17.0 Å². The van der Waals surface area contributed by atoms with Gasteiger partial charge in [0.1, 0.15) is 0 Å². The van der Waals surface area contributed by atoms with Crippen LogP contribution in [0.25, 0.3) is 0 Å². The summed E-state index contributed by atoms with van der Waals surface area (Å²) in [7, 11) is 0. The zero-order valence-corrected chi connectivity index (χ0v) is 15.3. The number of hydrogen-bond donors (Lipinski definition) is 2. The molecule has 1 aliphatic carbocycles. The van der Waals surface area contributed by atoms with Crippen LogP contribution in [0.2, 0.25) is 0 Å². The first-order valence-corrected chi connectivity index (χ1v) is 9.00. The summed E-state index contributed by atoms with van der Waals surface area (Å²) in [6.07, 6.45) is 5.32. The fraction of sp³-hybridized carbons (Fsp3) is 0.600. The van der Waals surface area contributed by atoms with Gasteiger partial charge in [-0.05, 0) is 56.1 Å². The quantitative estimate of drug-likeness (QED) is 0.818. The Hall–Kier alpha value is -1.84. The van der Waals surface area contributed by atoms with E-state index in [1.807, 2.05) is 19.1 Å². The fourth-order valence-electron chi connectivity index (χ4n) is 3.38. The van der Waals surface area contributed by atoms with Gasteiger partial charge in [-0.25, -0.2) is 0 Å². The Morgan fingerprint density at radius 2 is 1.62 bits per heavy atom. The second kappa shape index (κ2) is 7.82. The van der Waals surface area contributed by atoms with Crippen LogP contribution in [0.1, 0.15) is 58.4 Å². The third kappa shape index (κ3) is 4.83. The third-order valence-electron chi connectivity index (χ3n) is 5.59. The molecule has 0 atom stereocenters. The lowest BCUT2D eigenvalue weighted by atomic mass is 9.69. The van der Waals surface area contributed by atoms with Crippen LogP contribution in [0.4, 0.5) is 5.69 Å². The minimum absolute atomic E-state index is 0.116. The van der Waals surface area contributed by atoms with Crippen molar-refractivity contribution in [2.75, 3.05) is 5.32 Å². The highest BCUT2D eigenvalue weighted by atomic mass is 16.2. The van der Waals surface area contributed by atoms with Crippen LogP contribution >= 0.6 is 0 Å². The van der Waals surface area contributed by atoms with Crippen molar-refractivity contribution in [2.45, 2.75) is 65.8 Å². The van der Waals surface area contributed by atoms with Crippen molar-refractivity contribution in [1.29, 1.82) is 0 Å². The molecule has 0 spiro atoms. The van der Waals surface area contributed by atoms with Crippen LogP contribution in [-0.2, 0) is 9.59 Å². The minimum Gasteiger partial charge on any atom is -0.345 e. The van der Waals surface area contributed by atoms with Gasteiger partial charge in [-0.15, -0.1) is 0 Å². The number of carbonyl (C=O) groups excluding carboxylic acids is 2. The molecule has 0 saturated heterocycles. The second-order valence-corrected chi connectivity index (χ2v) is 7.68. The van der Waals surface area contributed by atoms with Crippen molar-refractivity contribution >= 4 is 17.5 Å². The highest BCUT2D eigenvalue weighted by Gasteiger charge is 2.32. The number of nitrogens with one attached hydrogen (secondary N) is 2. The molecule has 1 aromatic carbocycles. The summed E-state index contributed by atoms with van der Waals surface area (Å²) in [5.41, 5.74) is 2.12. The van der Waals surface area contributed by atoms with Crippen LogP contribution in [0.5, 0.6) is 0 Å². The van der Waals surface area contributed by atoms with Gasteiger partial charge >= 0.3 is 11.8 Å². The maximum Gasteiger partial charge on any atom is 0.313 e. The van der Waals surface area contributed by atoms with Crippen molar-refractivity contribution in [2.24, 2.45) is 11.3 Å². The van der Waals surface area contributed by atoms with Crippen LogP contribution in [0, 0.1) is 18.3 Å². The highest BCUT2D eigenvalue weighted by molar-refractivity contribution is 6.39. The molecule has 1 fully saturated rings. The minimum atomic E-state index is -0.588. The third-order valence-corrected chi connectivity index (χ3v) is 5.59. The van der Waals surface area contributed by atoms with E-state index in [-0.39, 0.29) is 6.04 Å². The lowest BCUT2D eigenvalue weighted by Crippen LogP contribution is -2.44. The predicted octanol–water partition coefficient (Wildman–Crippen LogP) is 4.04. The molecule has 0 aromatic heterocycles. The maximum absolute atomic E-state index is 12.1. The number of anilines is 1. The number of aryl methyl sites for hydroxylation is 1. The van der Waals surface area contributed by atoms with E-state index < -0.39 is 11.8 Å². The molecule has 132 valence electrons. The molecular formula is C20H30N2O2. The first-order chi connectivity index (χ1) is 11.3. The van der Waals surface area contributed by atoms with E-state index in [9.17, 15) is 9.59 Å². The highest BCUT2D eigenvalue weighted by Crippen LogP contribution is 2.40. The van der Waals surface area contributed by atoms with Gasteiger partial charge in [0.2, 0.25) is 0 Å². The molecule has 0 unspecified atom stereocenters. The Morgan fingerprint density at radius 1 is 1.04 bits per heavy atom. The molecule has 0 aliphatic heterocycles. The number of benzene rings is 1. The molecule has 0 radical (unpaired) electrons. The van der Waals surface area contributed by atoms with Crippen molar-refractivity contribution in [3.63, 3.8) is 0 Å². The molecule has 0 heterocycles. The molecule has 2 amide bonds. The van der Waals surface area contributed by atoms with Gasteiger partial charge < -0.3 is 10.6 Å². The molecule has 24 heavy (non-hydrogen) atoms. The van der Waals surface area contributed by atoms with E-state index in [0.717, 1.165) is 31.2 Å². The average Bonchev–Trinajstić information content (AvgIpc) is 2.57. The summed E-state index contributed by atoms with van der Waals surface area (Å²) >= 11 is 0. The summed E-state index contributed by atoms with van der Waals surface area (Å²) in [5, 5.41) is 5.54. The van der Waals surface area contributed by atoms with Crippen molar-refractivity contribution < 1.29 is 9.59 Å². The van der Waals surface area contributed by atoms with Gasteiger partial charge in [0.05, 0.1) is 0 Å². The first kappa shape index (κ1) is 18.5. The topological polar surface area (TPSA) is 58.2 Å². The van der Waals surface area contributed by atoms with Gasteiger partial charge in [-0.2, -0.15) is 0 Å². The van der Waals surface area contributed by atoms with Gasteiger partial charge in [0.25, 0.3) is 0 Å². The molecule has 0 bridgehead atoms. The van der Waals surface area contributed by atoms with Crippen LogP contribution < -0.4 is 10.6 Å². The molecule has 2 rings (SSSR count). The van der Waals surface area contributed by atoms with Crippen LogP contribution in [0.15, 0.2) is 24.3 Å². The fourth-order valence-corrected chi connectivity index (χ4v) is 3.38. The monoisotopic (exact) mass is 330 g/mol. The van der Waals surface area contributed by atoms with E-state index >= 15 is 0 Å². The average molecular weight is 330 g/mol. The Kier molecular flexibility index (Phi) is 6.03. The molecule has 1 saturated carbocycles. The summed E-state index contributed by atoms with van der Waals surface area (Å²) in [6, 6.07) is 7.54. The molecule has 1 aliphatic rings. The van der Waals surface area contributed by atoms with Gasteiger partial charge in [-0.3, -0.25) is 9.59 Å². The smallest absolute Gasteiger partial charge is 0.313 e. The molecule has 4 heteroatoms. The molecule has 4 nitrogen and oxygen atoms in total. The summed E-state index contributed by atoms with van der Waals surface area (Å²) < 4.78 is 0. The Bertz CT molecular complexity index is 570. The number of hydrogen-bond acceptors (Lipinski definition) is 2. The van der Waals surface area contributed by atoms with Crippen molar-refractivity contribution in [3.8, 4) is 0 Å². The van der Waals surface area contributed by atoms with E-state index in [1.54, 1.807) is 12.1 Å². The predicted molar refractivity (Wildman–Crippen MR) is 97.8 cm³/mol. The van der Waals surface area contributed by atoms with Crippen LogP contribution in [-0.4, -0.2) is 17.9 Å². The molecular weight excluding hydrogens is 300 g/mol. The molecule has 2 N–H and O–H groups in total. The maximum atomic E-state index is 12.1. The Labute approximate surface area is 145 Å². The van der Waals surface area contributed by atoms with E-state index in [4.69, 9.17) is 0 Å². The summed E-state index contributed by atoms with van der Waals surface area (Å²) in [6.45, 7) is 8.87. The largest absolute Gasteiger partial charge is 0.345 e. The summed E-state index contributed by atoms with van der Waals surface area (Å²) in [4.78, 5) is 24.1. The standard InChI is InChI=1S/C20H30N2O2/c1-5-20(3,4)15-8-12-17(13-9-15)22-19(24)18(23)21-16-10-6-14(2)7-11-16/h6-7,10-11,15,17H,5,8-9,12-13H2,1-4H3,(H,21,23)(H,22,24). The number of carbonyl (C=O) groups is 2. The zero-order chi connectivity index (χ0) is 17.7. The van der Waals surface area contributed by atoms with Crippen molar-refractivity contribution in [3.05, 3.63) is 29.8 Å². The molecule has 1 aromatic rings. The van der Waals surface area contributed by atoms with E-state index in [2.05, 4.69) is 31.4 Å². The van der Waals surface area contributed by atoms with Crippen LogP contribution in [0.3, 0.4) is 0 Å².